The Morgan fingerprint density at radius 2 is 2.24 bits per heavy atom. The molecule has 1 fully saturated rings. The second-order valence-corrected chi connectivity index (χ2v) is 7.03. The fraction of sp³-hybridized carbons (Fsp3) is 0.471. The molecule has 0 aliphatic heterocycles. The van der Waals surface area contributed by atoms with Crippen LogP contribution < -0.4 is 5.73 Å². The number of aryl methyl sites for hydroxylation is 1. The van der Waals surface area contributed by atoms with Gasteiger partial charge in [0.2, 0.25) is 0 Å². The van der Waals surface area contributed by atoms with Gasteiger partial charge in [0.25, 0.3) is 0 Å². The van der Waals surface area contributed by atoms with Gasteiger partial charge >= 0.3 is 0 Å². The van der Waals surface area contributed by atoms with E-state index in [9.17, 15) is 0 Å². The first-order valence-electron chi connectivity index (χ1n) is 7.58. The van der Waals surface area contributed by atoms with Gasteiger partial charge in [0.05, 0.1) is 10.7 Å². The van der Waals surface area contributed by atoms with Gasteiger partial charge < -0.3 is 5.73 Å². The lowest BCUT2D eigenvalue weighted by Gasteiger charge is -2.27. The maximum absolute atomic E-state index is 6.05. The first-order valence-corrected chi connectivity index (χ1v) is 8.46. The number of nitrogens with two attached hydrogens (primary N) is 1. The summed E-state index contributed by atoms with van der Waals surface area (Å²) in [6.07, 6.45) is 2.68. The zero-order chi connectivity index (χ0) is 14.8. The van der Waals surface area contributed by atoms with Gasteiger partial charge in [-0.3, -0.25) is 4.90 Å². The number of hydrogen-bond donors (Lipinski definition) is 1. The van der Waals surface area contributed by atoms with Crippen LogP contribution in [0.5, 0.6) is 0 Å². The van der Waals surface area contributed by atoms with Crippen molar-refractivity contribution in [3.05, 3.63) is 51.5 Å². The summed E-state index contributed by atoms with van der Waals surface area (Å²) in [5.41, 5.74) is 9.99. The minimum Gasteiger partial charge on any atom is -0.329 e. The average Bonchev–Trinajstić information content (AvgIpc) is 3.24. The lowest BCUT2D eigenvalue weighted by atomic mass is 10.0. The average molecular weight is 301 g/mol. The lowest BCUT2D eigenvalue weighted by Crippen LogP contribution is -2.30. The molecule has 0 saturated heterocycles. The summed E-state index contributed by atoms with van der Waals surface area (Å²) < 4.78 is 0. The Kier molecular flexibility index (Phi) is 4.38. The quantitative estimate of drug-likeness (QED) is 0.888. The number of rotatable bonds is 6. The number of thiazole rings is 1. The number of nitrogens with zero attached hydrogens (tertiary/aromatic N) is 2. The van der Waals surface area contributed by atoms with Crippen LogP contribution in [-0.2, 0) is 6.54 Å². The summed E-state index contributed by atoms with van der Waals surface area (Å²) in [4.78, 5) is 6.86. The fourth-order valence-electron chi connectivity index (χ4n) is 2.85. The molecular weight excluding hydrogens is 278 g/mol. The Morgan fingerprint density at radius 1 is 1.43 bits per heavy atom. The highest BCUT2D eigenvalue weighted by Gasteiger charge is 2.25. The molecule has 1 saturated carbocycles. The van der Waals surface area contributed by atoms with Crippen LogP contribution in [0.15, 0.2) is 29.6 Å². The van der Waals surface area contributed by atoms with Crippen LogP contribution in [0.1, 0.15) is 46.6 Å². The molecule has 1 aromatic heterocycles. The van der Waals surface area contributed by atoms with Gasteiger partial charge in [0.1, 0.15) is 0 Å². The van der Waals surface area contributed by atoms with E-state index in [1.807, 2.05) is 6.92 Å². The number of likely N-dealkylation sites (N-methyl/N-ethyl adjacent to an activating group) is 1. The summed E-state index contributed by atoms with van der Waals surface area (Å²) >= 11 is 1.71. The van der Waals surface area contributed by atoms with Crippen molar-refractivity contribution in [3.8, 4) is 0 Å². The molecular formula is C17H23N3S. The van der Waals surface area contributed by atoms with Crippen molar-refractivity contribution in [3.63, 3.8) is 0 Å². The summed E-state index contributed by atoms with van der Waals surface area (Å²) in [5, 5.41) is 3.26. The van der Waals surface area contributed by atoms with Crippen molar-refractivity contribution < 1.29 is 0 Å². The fourth-order valence-corrected chi connectivity index (χ4v) is 3.46. The third kappa shape index (κ3) is 3.51. The van der Waals surface area contributed by atoms with Crippen molar-refractivity contribution in [2.45, 2.75) is 38.3 Å². The zero-order valence-corrected chi connectivity index (χ0v) is 13.6. The predicted molar refractivity (Wildman–Crippen MR) is 88.5 cm³/mol. The van der Waals surface area contributed by atoms with E-state index in [1.165, 1.54) is 24.0 Å². The van der Waals surface area contributed by atoms with Gasteiger partial charge in [-0.2, -0.15) is 0 Å². The smallest absolute Gasteiger partial charge is 0.0897 e. The molecule has 2 N–H and O–H groups in total. The van der Waals surface area contributed by atoms with Crippen LogP contribution >= 0.6 is 11.3 Å². The van der Waals surface area contributed by atoms with Crippen molar-refractivity contribution in [2.75, 3.05) is 13.6 Å². The van der Waals surface area contributed by atoms with E-state index in [0.717, 1.165) is 23.2 Å². The summed E-state index contributed by atoms with van der Waals surface area (Å²) in [7, 11) is 2.13. The van der Waals surface area contributed by atoms with Crippen LogP contribution in [0.25, 0.3) is 0 Å². The first-order chi connectivity index (χ1) is 10.2. The molecule has 1 aliphatic rings. The minimum atomic E-state index is 0.255. The highest BCUT2D eigenvalue weighted by molar-refractivity contribution is 7.09. The van der Waals surface area contributed by atoms with Crippen LogP contribution in [0.3, 0.4) is 0 Å². The third-order valence-electron chi connectivity index (χ3n) is 4.18. The highest BCUT2D eigenvalue weighted by Crippen LogP contribution is 2.40. The Morgan fingerprint density at radius 3 is 2.86 bits per heavy atom. The van der Waals surface area contributed by atoms with Crippen LogP contribution in [-0.4, -0.2) is 23.5 Å². The Bertz CT molecular complexity index is 604. The minimum absolute atomic E-state index is 0.255. The molecule has 0 amide bonds. The van der Waals surface area contributed by atoms with Gasteiger partial charge in [-0.15, -0.1) is 11.3 Å². The topological polar surface area (TPSA) is 42.2 Å². The molecule has 1 heterocycles. The van der Waals surface area contributed by atoms with Crippen LogP contribution in [0.4, 0.5) is 0 Å². The highest BCUT2D eigenvalue weighted by atomic mass is 32.1. The molecule has 112 valence electrons. The summed E-state index contributed by atoms with van der Waals surface area (Å²) in [5.74, 6) is 0.787. The van der Waals surface area contributed by atoms with Gasteiger partial charge in [-0.1, -0.05) is 24.3 Å². The van der Waals surface area contributed by atoms with Gasteiger partial charge in [0, 0.05) is 24.5 Å². The van der Waals surface area contributed by atoms with Crippen molar-refractivity contribution in [1.82, 2.24) is 9.88 Å². The predicted octanol–water partition coefficient (Wildman–Crippen LogP) is 3.46. The van der Waals surface area contributed by atoms with E-state index < -0.39 is 0 Å². The normalized spacial score (nSPS) is 16.4. The van der Waals surface area contributed by atoms with Gasteiger partial charge in [0.15, 0.2) is 0 Å². The molecule has 2 aromatic rings. The largest absolute Gasteiger partial charge is 0.329 e. The van der Waals surface area contributed by atoms with Gasteiger partial charge in [-0.25, -0.2) is 4.98 Å². The number of benzene rings is 1. The molecule has 3 rings (SSSR count). The van der Waals surface area contributed by atoms with E-state index in [1.54, 1.807) is 11.3 Å². The third-order valence-corrected chi connectivity index (χ3v) is 5.00. The van der Waals surface area contributed by atoms with Crippen molar-refractivity contribution in [1.29, 1.82) is 0 Å². The van der Waals surface area contributed by atoms with E-state index in [2.05, 4.69) is 46.6 Å². The lowest BCUT2D eigenvalue weighted by molar-refractivity contribution is 0.239. The maximum Gasteiger partial charge on any atom is 0.0897 e. The molecule has 4 heteroatoms. The van der Waals surface area contributed by atoms with Crippen molar-refractivity contribution >= 4 is 11.3 Å². The number of aromatic nitrogens is 1. The van der Waals surface area contributed by atoms with Crippen LogP contribution in [0, 0.1) is 6.92 Å². The van der Waals surface area contributed by atoms with Gasteiger partial charge in [-0.05, 0) is 43.9 Å². The van der Waals surface area contributed by atoms with Crippen molar-refractivity contribution in [2.24, 2.45) is 5.73 Å². The van der Waals surface area contributed by atoms with E-state index >= 15 is 0 Å². The molecule has 0 bridgehead atoms. The van der Waals surface area contributed by atoms with Crippen LogP contribution in [0.2, 0.25) is 0 Å². The summed E-state index contributed by atoms with van der Waals surface area (Å²) in [6.45, 7) is 3.53. The monoisotopic (exact) mass is 301 g/mol. The van der Waals surface area contributed by atoms with E-state index in [0.29, 0.717) is 6.54 Å². The second-order valence-electron chi connectivity index (χ2n) is 5.97. The van der Waals surface area contributed by atoms with E-state index in [4.69, 9.17) is 5.73 Å². The molecule has 0 radical (unpaired) electrons. The Labute approximate surface area is 130 Å². The summed E-state index contributed by atoms with van der Waals surface area (Å²) in [6, 6.07) is 9.22. The first kappa shape index (κ1) is 14.7. The van der Waals surface area contributed by atoms with E-state index in [-0.39, 0.29) is 6.04 Å². The zero-order valence-electron chi connectivity index (χ0n) is 12.7. The second kappa shape index (κ2) is 6.26. The Hall–Kier alpha value is -1.23. The maximum atomic E-state index is 6.05. The molecule has 3 nitrogen and oxygen atoms in total. The Balaban J connectivity index is 1.75. The molecule has 1 unspecified atom stereocenters. The molecule has 1 aliphatic carbocycles. The molecule has 1 atom stereocenters. The molecule has 21 heavy (non-hydrogen) atoms. The molecule has 1 aromatic carbocycles. The number of hydrogen-bond acceptors (Lipinski definition) is 4. The molecule has 0 spiro atoms. The SMILES string of the molecule is Cc1nc(CN(C)C(CN)c2cccc(C3CC3)c2)cs1. The standard InChI is InChI=1S/C17H23N3S/c1-12-19-16(11-21-12)10-20(2)17(9-18)15-5-3-4-14(8-15)13-6-7-13/h3-5,8,11,13,17H,6-7,9-10,18H2,1-2H3.